The number of aliphatic carboxylic acids is 1. The third kappa shape index (κ3) is 6.84. The molecule has 0 radical (unpaired) electrons. The van der Waals surface area contributed by atoms with Crippen LogP contribution in [-0.4, -0.2) is 45.6 Å². The maximum absolute atomic E-state index is 10.8. The van der Waals surface area contributed by atoms with E-state index in [1.54, 1.807) is 12.4 Å². The van der Waals surface area contributed by atoms with Gasteiger partial charge in [0.2, 0.25) is 0 Å². The Labute approximate surface area is 153 Å². The van der Waals surface area contributed by atoms with E-state index in [1.165, 1.54) is 0 Å². The molecule has 0 saturated carbocycles. The molecule has 2 aromatic heterocycles. The van der Waals surface area contributed by atoms with Gasteiger partial charge in [0, 0.05) is 12.8 Å². The second kappa shape index (κ2) is 11.3. The first-order chi connectivity index (χ1) is 12.7. The van der Waals surface area contributed by atoms with Crippen molar-refractivity contribution in [2.45, 2.75) is 51.6 Å². The summed E-state index contributed by atoms with van der Waals surface area (Å²) >= 11 is 0. The Balaban J connectivity index is 1.50. The molecule has 26 heavy (non-hydrogen) atoms. The second-order valence-corrected chi connectivity index (χ2v) is 6.07. The molecule has 142 valence electrons. The molecule has 2 aromatic rings. The van der Waals surface area contributed by atoms with Crippen molar-refractivity contribution in [3.05, 3.63) is 30.6 Å². The normalized spacial score (nSPS) is 12.0. The number of carbonyl (C=O) groups is 1. The first kappa shape index (κ1) is 19.9. The number of H-pyrrole nitrogens is 1. The summed E-state index contributed by atoms with van der Waals surface area (Å²) in [5, 5.41) is 15.7. The number of rotatable bonds is 13. The molecule has 0 bridgehead atoms. The summed E-state index contributed by atoms with van der Waals surface area (Å²) in [5.74, 6) is -0.113. The van der Waals surface area contributed by atoms with E-state index in [9.17, 15) is 4.79 Å². The van der Waals surface area contributed by atoms with Crippen molar-refractivity contribution in [2.75, 3.05) is 13.2 Å². The van der Waals surface area contributed by atoms with E-state index in [4.69, 9.17) is 14.6 Å². The van der Waals surface area contributed by atoms with Crippen LogP contribution < -0.4 is 4.74 Å². The van der Waals surface area contributed by atoms with Crippen molar-refractivity contribution in [3.8, 4) is 17.1 Å². The zero-order chi connectivity index (χ0) is 18.6. The minimum atomic E-state index is -0.878. The number of carboxylic acids is 1. The largest absolute Gasteiger partial charge is 0.492 e. The highest BCUT2D eigenvalue weighted by atomic mass is 16.5. The molecular weight excluding hydrogens is 334 g/mol. The Morgan fingerprint density at radius 1 is 1.15 bits per heavy atom. The Kier molecular flexibility index (Phi) is 8.62. The average Bonchev–Trinajstić information content (AvgIpc) is 3.18. The third-order valence-corrected chi connectivity index (χ3v) is 4.04. The molecule has 0 aliphatic heterocycles. The fourth-order valence-electron chi connectivity index (χ4n) is 2.54. The van der Waals surface area contributed by atoms with Gasteiger partial charge in [-0.05, 0) is 37.5 Å². The number of aromatic amines is 1. The molecule has 7 nitrogen and oxygen atoms in total. The number of aromatic nitrogens is 3. The first-order valence-corrected chi connectivity index (χ1v) is 9.13. The molecule has 1 unspecified atom stereocenters. The molecule has 0 aromatic carbocycles. The number of carboxylic acid groups (broad SMARTS) is 1. The summed E-state index contributed by atoms with van der Waals surface area (Å²) in [5.41, 5.74) is 1.72. The number of nitrogens with zero attached hydrogens (tertiary/aromatic N) is 2. The van der Waals surface area contributed by atoms with Gasteiger partial charge in [0.1, 0.15) is 5.75 Å². The molecule has 0 amide bonds. The van der Waals surface area contributed by atoms with Gasteiger partial charge < -0.3 is 14.6 Å². The van der Waals surface area contributed by atoms with Crippen molar-refractivity contribution in [3.63, 3.8) is 0 Å². The second-order valence-electron chi connectivity index (χ2n) is 6.07. The Morgan fingerprint density at radius 3 is 2.54 bits per heavy atom. The Morgan fingerprint density at radius 2 is 1.92 bits per heavy atom. The Bertz CT molecular complexity index is 629. The van der Waals surface area contributed by atoms with Crippen LogP contribution in [-0.2, 0) is 9.53 Å². The SMILES string of the molecule is CCC(OCCCCCCCOc1ccc(-c2ccn[nH]2)nc1)C(=O)O. The molecule has 0 saturated heterocycles. The summed E-state index contributed by atoms with van der Waals surface area (Å²) in [6.45, 7) is 2.99. The van der Waals surface area contributed by atoms with Crippen molar-refractivity contribution >= 4 is 5.97 Å². The zero-order valence-electron chi connectivity index (χ0n) is 15.2. The number of unbranched alkanes of at least 4 members (excludes halogenated alkanes) is 4. The molecule has 0 fully saturated rings. The highest BCUT2D eigenvalue weighted by molar-refractivity contribution is 5.72. The number of hydrogen-bond donors (Lipinski definition) is 2. The smallest absolute Gasteiger partial charge is 0.332 e. The number of nitrogens with one attached hydrogen (secondary N) is 1. The van der Waals surface area contributed by atoms with Gasteiger partial charge >= 0.3 is 5.97 Å². The lowest BCUT2D eigenvalue weighted by atomic mass is 10.1. The maximum atomic E-state index is 10.8. The van der Waals surface area contributed by atoms with Crippen molar-refractivity contribution in [2.24, 2.45) is 0 Å². The maximum Gasteiger partial charge on any atom is 0.332 e. The number of pyridine rings is 1. The summed E-state index contributed by atoms with van der Waals surface area (Å²) in [7, 11) is 0. The van der Waals surface area contributed by atoms with E-state index in [0.29, 0.717) is 19.6 Å². The van der Waals surface area contributed by atoms with Crippen LogP contribution in [0.15, 0.2) is 30.6 Å². The van der Waals surface area contributed by atoms with Crippen LogP contribution in [0.5, 0.6) is 5.75 Å². The van der Waals surface area contributed by atoms with E-state index in [0.717, 1.165) is 49.2 Å². The van der Waals surface area contributed by atoms with E-state index < -0.39 is 12.1 Å². The van der Waals surface area contributed by atoms with E-state index in [1.807, 2.05) is 25.1 Å². The van der Waals surface area contributed by atoms with Crippen LogP contribution in [0, 0.1) is 0 Å². The molecule has 2 N–H and O–H groups in total. The van der Waals surface area contributed by atoms with Gasteiger partial charge in [0.05, 0.1) is 24.2 Å². The summed E-state index contributed by atoms with van der Waals surface area (Å²) < 4.78 is 11.0. The number of ether oxygens (including phenoxy) is 2. The van der Waals surface area contributed by atoms with Gasteiger partial charge in [-0.3, -0.25) is 10.1 Å². The van der Waals surface area contributed by atoms with Gasteiger partial charge in [-0.15, -0.1) is 0 Å². The summed E-state index contributed by atoms with van der Waals surface area (Å²) in [6.07, 6.45) is 8.34. The van der Waals surface area contributed by atoms with Crippen molar-refractivity contribution < 1.29 is 19.4 Å². The van der Waals surface area contributed by atoms with Crippen LogP contribution in [0.3, 0.4) is 0 Å². The lowest BCUT2D eigenvalue weighted by Crippen LogP contribution is -2.23. The van der Waals surface area contributed by atoms with Gasteiger partial charge in [0.25, 0.3) is 0 Å². The lowest BCUT2D eigenvalue weighted by molar-refractivity contribution is -0.150. The van der Waals surface area contributed by atoms with E-state index in [2.05, 4.69) is 15.2 Å². The lowest BCUT2D eigenvalue weighted by Gasteiger charge is -2.11. The number of hydrogen-bond acceptors (Lipinski definition) is 5. The van der Waals surface area contributed by atoms with Gasteiger partial charge in [-0.25, -0.2) is 4.79 Å². The fourth-order valence-corrected chi connectivity index (χ4v) is 2.54. The molecule has 7 heteroatoms. The van der Waals surface area contributed by atoms with Gasteiger partial charge in [-0.2, -0.15) is 5.10 Å². The van der Waals surface area contributed by atoms with E-state index in [-0.39, 0.29) is 0 Å². The molecule has 2 rings (SSSR count). The van der Waals surface area contributed by atoms with Crippen LogP contribution in [0.2, 0.25) is 0 Å². The molecule has 0 aliphatic rings. The zero-order valence-corrected chi connectivity index (χ0v) is 15.2. The molecule has 1 atom stereocenters. The molecule has 0 spiro atoms. The van der Waals surface area contributed by atoms with Gasteiger partial charge in [-0.1, -0.05) is 26.2 Å². The standard InChI is InChI=1S/C19H27N3O4/c1-2-18(19(23)24)26-13-7-5-3-4-6-12-25-15-8-9-16(20-14-15)17-10-11-21-22-17/h8-11,14,18H,2-7,12-13H2,1H3,(H,21,22)(H,23,24). The average molecular weight is 361 g/mol. The van der Waals surface area contributed by atoms with Crippen LogP contribution in [0.4, 0.5) is 0 Å². The Hall–Kier alpha value is -2.41. The third-order valence-electron chi connectivity index (χ3n) is 4.04. The monoisotopic (exact) mass is 361 g/mol. The summed E-state index contributed by atoms with van der Waals surface area (Å²) in [6, 6.07) is 5.69. The molecular formula is C19H27N3O4. The highest BCUT2D eigenvalue weighted by Gasteiger charge is 2.14. The topological polar surface area (TPSA) is 97.3 Å². The van der Waals surface area contributed by atoms with Crippen LogP contribution in [0.1, 0.15) is 45.4 Å². The van der Waals surface area contributed by atoms with Crippen molar-refractivity contribution in [1.29, 1.82) is 0 Å². The molecule has 0 aliphatic carbocycles. The first-order valence-electron chi connectivity index (χ1n) is 9.13. The van der Waals surface area contributed by atoms with Crippen molar-refractivity contribution in [1.82, 2.24) is 15.2 Å². The summed E-state index contributed by atoms with van der Waals surface area (Å²) in [4.78, 5) is 15.2. The van der Waals surface area contributed by atoms with Crippen LogP contribution in [0.25, 0.3) is 11.4 Å². The minimum Gasteiger partial charge on any atom is -0.492 e. The molecule has 2 heterocycles. The highest BCUT2D eigenvalue weighted by Crippen LogP contribution is 2.17. The van der Waals surface area contributed by atoms with E-state index >= 15 is 0 Å². The van der Waals surface area contributed by atoms with Crippen LogP contribution >= 0.6 is 0 Å². The minimum absolute atomic E-state index is 0.504. The predicted molar refractivity (Wildman–Crippen MR) is 98.1 cm³/mol. The van der Waals surface area contributed by atoms with Gasteiger partial charge in [0.15, 0.2) is 6.10 Å². The predicted octanol–water partition coefficient (Wildman–Crippen LogP) is 3.68. The fraction of sp³-hybridized carbons (Fsp3) is 0.526. The quantitative estimate of drug-likeness (QED) is 0.528.